The van der Waals surface area contributed by atoms with E-state index in [1.807, 2.05) is 0 Å². The van der Waals surface area contributed by atoms with Gasteiger partial charge in [-0.2, -0.15) is 0 Å². The summed E-state index contributed by atoms with van der Waals surface area (Å²) >= 11 is 0. The summed E-state index contributed by atoms with van der Waals surface area (Å²) < 4.78 is 0. The molecule has 228 valence electrons. The lowest BCUT2D eigenvalue weighted by molar-refractivity contribution is -0.142. The first-order chi connectivity index (χ1) is 19.3. The van der Waals surface area contributed by atoms with Crippen LogP contribution in [0.4, 0.5) is 0 Å². The van der Waals surface area contributed by atoms with Gasteiger partial charge in [0.1, 0.15) is 23.9 Å². The third-order valence-corrected chi connectivity index (χ3v) is 5.91. The maximum Gasteiger partial charge on any atom is 0.326 e. The number of carbonyl (C=O) groups is 5. The number of amides is 4. The number of aliphatic carboxylic acids is 1. The lowest BCUT2D eigenvalue weighted by Gasteiger charge is -2.25. The number of phenols is 1. The van der Waals surface area contributed by atoms with Crippen LogP contribution in [0.25, 0.3) is 0 Å². The van der Waals surface area contributed by atoms with Crippen molar-refractivity contribution in [2.45, 2.75) is 69.1 Å². The Morgan fingerprint density at radius 2 is 1.39 bits per heavy atom. The van der Waals surface area contributed by atoms with Crippen molar-refractivity contribution in [2.75, 3.05) is 13.1 Å². The fourth-order valence-electron chi connectivity index (χ4n) is 3.71. The molecule has 1 aromatic rings. The van der Waals surface area contributed by atoms with Gasteiger partial charge in [-0.05, 0) is 56.3 Å². The highest BCUT2D eigenvalue weighted by Gasteiger charge is 2.31. The van der Waals surface area contributed by atoms with Crippen molar-refractivity contribution in [3.8, 4) is 5.75 Å². The van der Waals surface area contributed by atoms with Crippen LogP contribution in [0.2, 0.25) is 0 Å². The zero-order valence-corrected chi connectivity index (χ0v) is 22.8. The van der Waals surface area contributed by atoms with Crippen LogP contribution in [0.1, 0.15) is 44.1 Å². The van der Waals surface area contributed by atoms with E-state index in [2.05, 4.69) is 20.9 Å². The summed E-state index contributed by atoms with van der Waals surface area (Å²) in [7, 11) is 0. The number of unbranched alkanes of at least 4 members (excludes halogenated alkanes) is 1. The van der Waals surface area contributed by atoms with Crippen molar-refractivity contribution in [3.63, 3.8) is 0 Å². The molecule has 0 saturated carbocycles. The standard InChI is InChI=1S/C25H41N9O7/c26-10-2-1-5-17(24(40)41)32-22(38)18(12-14-6-8-15(35)9-7-14)34-23(39)19(13-20(28)36)33-21(37)16(27)4-3-11-31-25(29)30/h6-9,16-19,35H,1-5,10-13,26-27H2,(H2,28,36)(H,32,38)(H,33,37)(H,34,39)(H,40,41)(H4,29,30,31). The van der Waals surface area contributed by atoms with Gasteiger partial charge in [0.2, 0.25) is 23.6 Å². The number of hydrogen-bond donors (Lipinski definition) is 10. The lowest BCUT2D eigenvalue weighted by atomic mass is 10.0. The average Bonchev–Trinajstić information content (AvgIpc) is 2.90. The smallest absolute Gasteiger partial charge is 0.326 e. The molecule has 0 aliphatic carbocycles. The van der Waals surface area contributed by atoms with Gasteiger partial charge in [-0.3, -0.25) is 24.2 Å². The summed E-state index contributed by atoms with van der Waals surface area (Å²) in [6.45, 7) is 0.582. The number of guanidine groups is 1. The second-order valence-corrected chi connectivity index (χ2v) is 9.40. The predicted octanol–water partition coefficient (Wildman–Crippen LogP) is -3.14. The number of carboxylic acids is 1. The number of benzene rings is 1. The Balaban J connectivity index is 3.08. The van der Waals surface area contributed by atoms with Crippen molar-refractivity contribution in [1.29, 1.82) is 0 Å². The number of nitrogens with one attached hydrogen (secondary N) is 3. The summed E-state index contributed by atoms with van der Waals surface area (Å²) in [5.41, 5.74) is 27.7. The zero-order valence-electron chi connectivity index (χ0n) is 22.8. The Bertz CT molecular complexity index is 1060. The number of primary amides is 1. The van der Waals surface area contributed by atoms with Gasteiger partial charge in [-0.15, -0.1) is 0 Å². The molecule has 0 fully saturated rings. The molecular weight excluding hydrogens is 538 g/mol. The summed E-state index contributed by atoms with van der Waals surface area (Å²) in [5.74, 6) is -4.79. The summed E-state index contributed by atoms with van der Waals surface area (Å²) in [6, 6.07) is 0.693. The van der Waals surface area contributed by atoms with E-state index in [4.69, 9.17) is 28.7 Å². The first-order valence-corrected chi connectivity index (χ1v) is 13.0. The molecule has 4 atom stereocenters. The third kappa shape index (κ3) is 14.0. The minimum Gasteiger partial charge on any atom is -0.508 e. The molecule has 41 heavy (non-hydrogen) atoms. The highest BCUT2D eigenvalue weighted by atomic mass is 16.4. The number of nitrogens with two attached hydrogens (primary N) is 5. The van der Waals surface area contributed by atoms with E-state index in [0.29, 0.717) is 31.4 Å². The highest BCUT2D eigenvalue weighted by Crippen LogP contribution is 2.12. The number of aromatic hydroxyl groups is 1. The zero-order chi connectivity index (χ0) is 30.9. The van der Waals surface area contributed by atoms with Crippen molar-refractivity contribution in [1.82, 2.24) is 16.0 Å². The Kier molecular flexibility index (Phi) is 15.2. The number of aliphatic imine (C=N–C) groups is 1. The SMILES string of the molecule is NCCCCC(NC(=O)C(Cc1ccc(O)cc1)NC(=O)C(CC(N)=O)NC(=O)C(N)CCCN=C(N)N)C(=O)O. The van der Waals surface area contributed by atoms with Gasteiger partial charge < -0.3 is 54.8 Å². The van der Waals surface area contributed by atoms with E-state index in [-0.39, 0.29) is 37.5 Å². The molecule has 0 radical (unpaired) electrons. The molecule has 0 saturated heterocycles. The van der Waals surface area contributed by atoms with Crippen molar-refractivity contribution < 1.29 is 34.2 Å². The number of carbonyl (C=O) groups excluding carboxylic acids is 4. The van der Waals surface area contributed by atoms with E-state index in [0.717, 1.165) is 0 Å². The molecule has 0 aliphatic rings. The highest BCUT2D eigenvalue weighted by molar-refractivity contribution is 5.96. The van der Waals surface area contributed by atoms with Gasteiger partial charge in [-0.1, -0.05) is 12.1 Å². The maximum absolute atomic E-state index is 13.2. The Hall–Kier alpha value is -4.44. The van der Waals surface area contributed by atoms with E-state index in [1.54, 1.807) is 0 Å². The normalized spacial score (nSPS) is 13.6. The Morgan fingerprint density at radius 1 is 0.805 bits per heavy atom. The Labute approximate surface area is 237 Å². The van der Waals surface area contributed by atoms with Crippen LogP contribution in [0.15, 0.2) is 29.3 Å². The maximum atomic E-state index is 13.2. The van der Waals surface area contributed by atoms with Gasteiger partial charge in [0, 0.05) is 13.0 Å². The van der Waals surface area contributed by atoms with Crippen LogP contribution in [-0.4, -0.2) is 83.0 Å². The monoisotopic (exact) mass is 579 g/mol. The molecule has 0 spiro atoms. The average molecular weight is 580 g/mol. The first-order valence-electron chi connectivity index (χ1n) is 13.0. The van der Waals surface area contributed by atoms with E-state index in [9.17, 15) is 34.2 Å². The second kappa shape index (κ2) is 18.0. The fraction of sp³-hybridized carbons (Fsp3) is 0.520. The van der Waals surface area contributed by atoms with Crippen LogP contribution in [-0.2, 0) is 30.4 Å². The Morgan fingerprint density at radius 3 is 1.95 bits per heavy atom. The van der Waals surface area contributed by atoms with Crippen molar-refractivity contribution in [2.24, 2.45) is 33.7 Å². The molecule has 0 bridgehead atoms. The van der Waals surface area contributed by atoms with Gasteiger partial charge in [0.05, 0.1) is 12.5 Å². The number of rotatable bonds is 19. The molecule has 1 rings (SSSR count). The molecule has 4 unspecified atom stereocenters. The van der Waals surface area contributed by atoms with Crippen LogP contribution in [0, 0.1) is 0 Å². The van der Waals surface area contributed by atoms with Gasteiger partial charge in [0.15, 0.2) is 5.96 Å². The van der Waals surface area contributed by atoms with E-state index in [1.165, 1.54) is 24.3 Å². The first kappa shape index (κ1) is 34.6. The van der Waals surface area contributed by atoms with Crippen molar-refractivity contribution in [3.05, 3.63) is 29.8 Å². The second-order valence-electron chi connectivity index (χ2n) is 9.40. The molecule has 16 heteroatoms. The molecule has 1 aromatic carbocycles. The molecule has 0 aromatic heterocycles. The molecular formula is C25H41N9O7. The number of nitrogens with zero attached hydrogens (tertiary/aromatic N) is 1. The van der Waals surface area contributed by atoms with Crippen LogP contribution in [0.3, 0.4) is 0 Å². The lowest BCUT2D eigenvalue weighted by Crippen LogP contribution is -2.58. The summed E-state index contributed by atoms with van der Waals surface area (Å²) in [4.78, 5) is 66.2. The molecule has 16 nitrogen and oxygen atoms in total. The van der Waals surface area contributed by atoms with E-state index < -0.39 is 60.2 Å². The fourth-order valence-corrected chi connectivity index (χ4v) is 3.71. The predicted molar refractivity (Wildman–Crippen MR) is 150 cm³/mol. The third-order valence-electron chi connectivity index (χ3n) is 5.91. The molecule has 15 N–H and O–H groups in total. The minimum atomic E-state index is -1.47. The quantitative estimate of drug-likeness (QED) is 0.0443. The molecule has 4 amide bonds. The molecule has 0 heterocycles. The topological polar surface area (TPSA) is 304 Å². The van der Waals surface area contributed by atoms with Crippen molar-refractivity contribution >= 4 is 35.6 Å². The number of hydrogen-bond acceptors (Lipinski definition) is 9. The van der Waals surface area contributed by atoms with Crippen LogP contribution >= 0.6 is 0 Å². The van der Waals surface area contributed by atoms with E-state index >= 15 is 0 Å². The van der Waals surface area contributed by atoms with Gasteiger partial charge in [0.25, 0.3) is 0 Å². The van der Waals surface area contributed by atoms with Gasteiger partial charge in [-0.25, -0.2) is 4.79 Å². The largest absolute Gasteiger partial charge is 0.508 e. The summed E-state index contributed by atoms with van der Waals surface area (Å²) in [5, 5.41) is 26.4. The van der Waals surface area contributed by atoms with Gasteiger partial charge >= 0.3 is 5.97 Å². The minimum absolute atomic E-state index is 0.0245. The van der Waals surface area contributed by atoms with Crippen LogP contribution in [0.5, 0.6) is 5.75 Å². The number of phenolic OH excluding ortho intramolecular Hbond substituents is 1. The summed E-state index contributed by atoms with van der Waals surface area (Å²) in [6.07, 6.45) is 0.945. The number of carboxylic acid groups (broad SMARTS) is 1. The molecule has 0 aliphatic heterocycles. The van der Waals surface area contributed by atoms with Crippen LogP contribution < -0.4 is 44.6 Å².